The summed E-state index contributed by atoms with van der Waals surface area (Å²) in [7, 11) is 0. The molecule has 0 atom stereocenters. The van der Waals surface area contributed by atoms with Crippen molar-refractivity contribution < 1.29 is 9.53 Å². The highest BCUT2D eigenvalue weighted by Gasteiger charge is 2.21. The van der Waals surface area contributed by atoms with E-state index in [4.69, 9.17) is 4.74 Å². The smallest absolute Gasteiger partial charge is 0.253 e. The number of ether oxygens (including phenoxy) is 1. The average molecular weight is 425 g/mol. The topological polar surface area (TPSA) is 43.3 Å². The SMILES string of the molecule is CCOc1ccccc1-n1c(-c2ccccc2)cc(C(=O)NCCc2ccccc2)c1C. The maximum Gasteiger partial charge on any atom is 0.253 e. The van der Waals surface area contributed by atoms with Gasteiger partial charge in [0.1, 0.15) is 5.75 Å². The standard InChI is InChI=1S/C28H28N2O2/c1-3-32-27-17-11-10-16-25(27)30-21(2)24(20-26(30)23-14-8-5-9-15-23)28(31)29-19-18-22-12-6-4-7-13-22/h4-17,20H,3,18-19H2,1-2H3,(H,29,31). The molecule has 1 aromatic heterocycles. The van der Waals surface area contributed by atoms with Crippen molar-refractivity contribution in [2.45, 2.75) is 20.3 Å². The number of nitrogens with one attached hydrogen (secondary N) is 1. The molecule has 32 heavy (non-hydrogen) atoms. The number of nitrogens with zero attached hydrogens (tertiary/aromatic N) is 1. The molecule has 0 radical (unpaired) electrons. The van der Waals surface area contributed by atoms with Crippen molar-refractivity contribution in [3.8, 4) is 22.7 Å². The van der Waals surface area contributed by atoms with Gasteiger partial charge in [-0.15, -0.1) is 0 Å². The summed E-state index contributed by atoms with van der Waals surface area (Å²) in [6.07, 6.45) is 0.797. The van der Waals surface area contributed by atoms with Crippen LogP contribution >= 0.6 is 0 Å². The lowest BCUT2D eigenvalue weighted by Gasteiger charge is -2.16. The first-order valence-electron chi connectivity index (χ1n) is 11.0. The fraction of sp³-hybridized carbons (Fsp3) is 0.179. The highest BCUT2D eigenvalue weighted by molar-refractivity contribution is 5.97. The van der Waals surface area contributed by atoms with Crippen molar-refractivity contribution >= 4 is 5.91 Å². The molecular weight excluding hydrogens is 396 g/mol. The highest BCUT2D eigenvalue weighted by Crippen LogP contribution is 2.33. The quantitative estimate of drug-likeness (QED) is 0.387. The number of amides is 1. The second-order valence-electron chi connectivity index (χ2n) is 7.62. The lowest BCUT2D eigenvalue weighted by atomic mass is 10.1. The van der Waals surface area contributed by atoms with Crippen LogP contribution in [-0.4, -0.2) is 23.6 Å². The number of benzene rings is 3. The molecule has 1 N–H and O–H groups in total. The summed E-state index contributed by atoms with van der Waals surface area (Å²) in [4.78, 5) is 13.1. The minimum absolute atomic E-state index is 0.0664. The Bertz CT molecular complexity index is 1180. The maximum absolute atomic E-state index is 13.1. The Morgan fingerprint density at radius 2 is 1.56 bits per heavy atom. The molecule has 0 saturated heterocycles. The molecule has 3 aromatic carbocycles. The van der Waals surface area contributed by atoms with E-state index in [0.717, 1.165) is 34.8 Å². The summed E-state index contributed by atoms with van der Waals surface area (Å²) in [5, 5.41) is 3.09. The van der Waals surface area contributed by atoms with Crippen molar-refractivity contribution in [2.75, 3.05) is 13.2 Å². The summed E-state index contributed by atoms with van der Waals surface area (Å²) in [5.41, 5.74) is 5.69. The number of aromatic nitrogens is 1. The van der Waals surface area contributed by atoms with Gasteiger partial charge in [0, 0.05) is 12.2 Å². The molecule has 0 unspecified atom stereocenters. The summed E-state index contributed by atoms with van der Waals surface area (Å²) in [6, 6.07) is 30.3. The van der Waals surface area contributed by atoms with Gasteiger partial charge in [-0.1, -0.05) is 72.8 Å². The molecule has 0 bridgehead atoms. The summed E-state index contributed by atoms with van der Waals surface area (Å²) in [6.45, 7) is 5.12. The third-order valence-corrected chi connectivity index (χ3v) is 5.51. The molecule has 4 aromatic rings. The zero-order valence-corrected chi connectivity index (χ0v) is 18.5. The predicted molar refractivity (Wildman–Crippen MR) is 130 cm³/mol. The Morgan fingerprint density at radius 1 is 0.906 bits per heavy atom. The number of rotatable bonds is 8. The fourth-order valence-corrected chi connectivity index (χ4v) is 3.95. The summed E-state index contributed by atoms with van der Waals surface area (Å²) < 4.78 is 8.02. The molecule has 4 heteroatoms. The molecule has 4 rings (SSSR count). The monoisotopic (exact) mass is 424 g/mol. The largest absolute Gasteiger partial charge is 0.492 e. The zero-order chi connectivity index (χ0) is 22.3. The summed E-state index contributed by atoms with van der Waals surface area (Å²) in [5.74, 6) is 0.727. The third kappa shape index (κ3) is 4.59. The van der Waals surface area contributed by atoms with Gasteiger partial charge in [-0.25, -0.2) is 0 Å². The van der Waals surface area contributed by atoms with Crippen LogP contribution in [0.4, 0.5) is 0 Å². The van der Waals surface area contributed by atoms with Crippen LogP contribution < -0.4 is 10.1 Å². The Labute approximate surface area is 189 Å². The predicted octanol–water partition coefficient (Wildman–Crippen LogP) is 5.82. The normalized spacial score (nSPS) is 10.7. The van der Waals surface area contributed by atoms with Crippen molar-refractivity contribution in [1.29, 1.82) is 0 Å². The Balaban J connectivity index is 1.69. The van der Waals surface area contributed by atoms with Crippen LogP contribution in [0.15, 0.2) is 91.0 Å². The van der Waals surface area contributed by atoms with Crippen molar-refractivity contribution in [3.63, 3.8) is 0 Å². The van der Waals surface area contributed by atoms with Crippen LogP contribution in [0.2, 0.25) is 0 Å². The van der Waals surface area contributed by atoms with Crippen molar-refractivity contribution in [2.24, 2.45) is 0 Å². The Morgan fingerprint density at radius 3 is 2.28 bits per heavy atom. The molecule has 1 amide bonds. The first-order valence-corrected chi connectivity index (χ1v) is 11.0. The molecule has 0 aliphatic rings. The van der Waals surface area contributed by atoms with Gasteiger partial charge in [0.2, 0.25) is 0 Å². The molecule has 1 heterocycles. The Hall–Kier alpha value is -3.79. The first-order chi connectivity index (χ1) is 15.7. The van der Waals surface area contributed by atoms with Crippen molar-refractivity contribution in [1.82, 2.24) is 9.88 Å². The molecule has 4 nitrogen and oxygen atoms in total. The summed E-state index contributed by atoms with van der Waals surface area (Å²) >= 11 is 0. The number of carbonyl (C=O) groups is 1. The lowest BCUT2D eigenvalue weighted by Crippen LogP contribution is -2.26. The maximum atomic E-state index is 13.1. The van der Waals surface area contributed by atoms with E-state index in [2.05, 4.69) is 34.1 Å². The van der Waals surface area contributed by atoms with E-state index in [1.807, 2.05) is 80.6 Å². The second-order valence-corrected chi connectivity index (χ2v) is 7.62. The van der Waals surface area contributed by atoms with Gasteiger partial charge in [0.05, 0.1) is 23.6 Å². The molecule has 0 aliphatic heterocycles. The van der Waals surface area contributed by atoms with E-state index in [1.54, 1.807) is 0 Å². The van der Waals surface area contributed by atoms with E-state index < -0.39 is 0 Å². The van der Waals surface area contributed by atoms with E-state index in [-0.39, 0.29) is 5.91 Å². The molecule has 0 saturated carbocycles. The molecule has 0 spiro atoms. The van der Waals surface area contributed by atoms with Gasteiger partial charge in [-0.3, -0.25) is 4.79 Å². The lowest BCUT2D eigenvalue weighted by molar-refractivity contribution is 0.0953. The van der Waals surface area contributed by atoms with Crippen LogP contribution in [0.5, 0.6) is 5.75 Å². The number of hydrogen-bond acceptors (Lipinski definition) is 2. The minimum atomic E-state index is -0.0664. The number of carbonyl (C=O) groups excluding carboxylic acids is 1. The van der Waals surface area contributed by atoms with Gasteiger partial charge in [0.15, 0.2) is 0 Å². The average Bonchev–Trinajstić information content (AvgIpc) is 3.18. The van der Waals surface area contributed by atoms with Crippen LogP contribution in [0.3, 0.4) is 0 Å². The van der Waals surface area contributed by atoms with Crippen LogP contribution in [0.25, 0.3) is 16.9 Å². The Kier molecular flexibility index (Phi) is 6.71. The van der Waals surface area contributed by atoms with Gasteiger partial charge in [-0.05, 0) is 49.6 Å². The number of hydrogen-bond donors (Lipinski definition) is 1. The minimum Gasteiger partial charge on any atom is -0.492 e. The molecule has 0 aliphatic carbocycles. The van der Waals surface area contributed by atoms with Crippen molar-refractivity contribution in [3.05, 3.63) is 108 Å². The van der Waals surface area contributed by atoms with E-state index in [1.165, 1.54) is 5.56 Å². The highest BCUT2D eigenvalue weighted by atomic mass is 16.5. The first kappa shape index (κ1) is 21.4. The molecule has 0 fully saturated rings. The van der Waals surface area contributed by atoms with Gasteiger partial charge in [-0.2, -0.15) is 0 Å². The van der Waals surface area contributed by atoms with Gasteiger partial charge in [0.25, 0.3) is 5.91 Å². The van der Waals surface area contributed by atoms with Crippen LogP contribution in [-0.2, 0) is 6.42 Å². The van der Waals surface area contributed by atoms with Crippen LogP contribution in [0.1, 0.15) is 28.5 Å². The van der Waals surface area contributed by atoms with Gasteiger partial charge >= 0.3 is 0 Å². The van der Waals surface area contributed by atoms with E-state index >= 15 is 0 Å². The second kappa shape index (κ2) is 10.0. The fourth-order valence-electron chi connectivity index (χ4n) is 3.95. The van der Waals surface area contributed by atoms with E-state index in [9.17, 15) is 4.79 Å². The van der Waals surface area contributed by atoms with E-state index in [0.29, 0.717) is 18.7 Å². The molecule has 162 valence electrons. The van der Waals surface area contributed by atoms with Crippen LogP contribution in [0, 0.1) is 6.92 Å². The number of para-hydroxylation sites is 2. The zero-order valence-electron chi connectivity index (χ0n) is 18.5. The third-order valence-electron chi connectivity index (χ3n) is 5.51. The van der Waals surface area contributed by atoms with Gasteiger partial charge < -0.3 is 14.6 Å². The molecular formula is C28H28N2O2.